The van der Waals surface area contributed by atoms with Crippen LogP contribution in [0.3, 0.4) is 0 Å². The molecule has 0 N–H and O–H groups in total. The molecule has 1 aromatic rings. The van der Waals surface area contributed by atoms with Crippen LogP contribution in [0.4, 0.5) is 0 Å². The van der Waals surface area contributed by atoms with Crippen LogP contribution >= 0.6 is 0 Å². The first-order valence-electron chi connectivity index (χ1n) is 6.86. The number of nitrogens with zero attached hydrogens (tertiary/aromatic N) is 2. The third kappa shape index (κ3) is 3.38. The summed E-state index contributed by atoms with van der Waals surface area (Å²) in [5.41, 5.74) is 0.564. The van der Waals surface area contributed by atoms with E-state index in [1.54, 1.807) is 6.07 Å². The summed E-state index contributed by atoms with van der Waals surface area (Å²) < 4.78 is 17.4. The van der Waals surface area contributed by atoms with Crippen molar-refractivity contribution in [3.8, 4) is 11.8 Å². The van der Waals surface area contributed by atoms with E-state index in [-0.39, 0.29) is 5.25 Å². The fourth-order valence-corrected chi connectivity index (χ4v) is 3.78. The molecule has 20 heavy (non-hydrogen) atoms. The summed E-state index contributed by atoms with van der Waals surface area (Å²) in [7, 11) is -0.708. The molecule has 0 saturated carbocycles. The van der Waals surface area contributed by atoms with E-state index in [4.69, 9.17) is 10.00 Å². The molecule has 1 heterocycles. The van der Waals surface area contributed by atoms with E-state index in [1.165, 1.54) is 0 Å². The van der Waals surface area contributed by atoms with Crippen LogP contribution in [0.5, 0.6) is 5.75 Å². The Bertz CT molecular complexity index is 527. The number of para-hydroxylation sites is 1. The molecule has 1 aromatic carbocycles. The van der Waals surface area contributed by atoms with Gasteiger partial charge >= 0.3 is 0 Å². The van der Waals surface area contributed by atoms with Gasteiger partial charge in [-0.15, -0.1) is 0 Å². The first-order chi connectivity index (χ1) is 9.63. The summed E-state index contributed by atoms with van der Waals surface area (Å²) in [5.74, 6) is 1.37. The molecular weight excluding hydrogens is 272 g/mol. The second kappa shape index (κ2) is 6.87. The van der Waals surface area contributed by atoms with Crippen LogP contribution in [0.2, 0.25) is 0 Å². The minimum Gasteiger partial charge on any atom is -0.491 e. The lowest BCUT2D eigenvalue weighted by Gasteiger charge is -2.37. The zero-order valence-corrected chi connectivity index (χ0v) is 12.7. The maximum Gasteiger partial charge on any atom is 0.137 e. The molecule has 1 saturated heterocycles. The normalized spacial score (nSPS) is 26.9. The van der Waals surface area contributed by atoms with Crippen molar-refractivity contribution in [2.24, 2.45) is 0 Å². The van der Waals surface area contributed by atoms with Crippen molar-refractivity contribution in [1.29, 1.82) is 5.26 Å². The van der Waals surface area contributed by atoms with Crippen molar-refractivity contribution >= 4 is 10.8 Å². The fraction of sp³-hybridized carbons (Fsp3) is 0.533. The average molecular weight is 292 g/mol. The number of ether oxygens (including phenoxy) is 1. The average Bonchev–Trinajstić information content (AvgIpc) is 2.47. The van der Waals surface area contributed by atoms with Crippen molar-refractivity contribution in [1.82, 2.24) is 4.90 Å². The van der Waals surface area contributed by atoms with Gasteiger partial charge in [0, 0.05) is 40.9 Å². The standard InChI is InChI=1S/C15H20N2O2S/c1-12-13(2)20(18)10-8-17(12)7-9-19-15-6-4-3-5-14(15)11-16/h3-6,12-13H,7-10H2,1-2H3/t12-,13+,20+/m1/s1. The highest BCUT2D eigenvalue weighted by Gasteiger charge is 2.29. The van der Waals surface area contributed by atoms with E-state index in [9.17, 15) is 4.21 Å². The Morgan fingerprint density at radius 1 is 1.45 bits per heavy atom. The Morgan fingerprint density at radius 2 is 2.20 bits per heavy atom. The minimum absolute atomic E-state index is 0.204. The molecule has 5 heteroatoms. The molecule has 1 aliphatic rings. The molecule has 4 nitrogen and oxygen atoms in total. The zero-order valence-electron chi connectivity index (χ0n) is 11.9. The van der Waals surface area contributed by atoms with Crippen LogP contribution in [0.25, 0.3) is 0 Å². The van der Waals surface area contributed by atoms with Crippen LogP contribution < -0.4 is 4.74 Å². The summed E-state index contributed by atoms with van der Waals surface area (Å²) in [5, 5.41) is 9.20. The summed E-state index contributed by atoms with van der Waals surface area (Å²) in [4.78, 5) is 2.31. The van der Waals surface area contributed by atoms with E-state index in [1.807, 2.05) is 25.1 Å². The van der Waals surface area contributed by atoms with Gasteiger partial charge in [-0.05, 0) is 26.0 Å². The molecule has 0 aliphatic carbocycles. The fourth-order valence-electron chi connectivity index (χ4n) is 2.39. The number of hydrogen-bond acceptors (Lipinski definition) is 4. The van der Waals surface area contributed by atoms with E-state index in [0.717, 1.165) is 18.8 Å². The van der Waals surface area contributed by atoms with Gasteiger partial charge in [0.15, 0.2) is 0 Å². The first kappa shape index (κ1) is 15.0. The van der Waals surface area contributed by atoms with Gasteiger partial charge in [0.05, 0.1) is 5.56 Å². The zero-order chi connectivity index (χ0) is 14.5. The van der Waals surface area contributed by atoms with Gasteiger partial charge in [0.1, 0.15) is 18.4 Å². The molecule has 0 radical (unpaired) electrons. The Kier molecular flexibility index (Phi) is 5.16. The van der Waals surface area contributed by atoms with Gasteiger partial charge in [0.2, 0.25) is 0 Å². The maximum absolute atomic E-state index is 11.7. The number of benzene rings is 1. The SMILES string of the molecule is C[C@@H]1[C@H](C)[S@@](=O)CCN1CCOc1ccccc1C#N. The highest BCUT2D eigenvalue weighted by atomic mass is 32.2. The lowest BCUT2D eigenvalue weighted by atomic mass is 10.2. The van der Waals surface area contributed by atoms with Gasteiger partial charge < -0.3 is 4.74 Å². The number of hydrogen-bond donors (Lipinski definition) is 0. The van der Waals surface area contributed by atoms with Crippen molar-refractivity contribution in [2.45, 2.75) is 25.1 Å². The van der Waals surface area contributed by atoms with E-state index in [0.29, 0.717) is 24.0 Å². The molecule has 0 unspecified atom stereocenters. The van der Waals surface area contributed by atoms with E-state index in [2.05, 4.69) is 17.9 Å². The molecule has 1 aliphatic heterocycles. The summed E-state index contributed by atoms with van der Waals surface area (Å²) >= 11 is 0. The lowest BCUT2D eigenvalue weighted by molar-refractivity contribution is 0.168. The number of rotatable bonds is 4. The van der Waals surface area contributed by atoms with Crippen LogP contribution in [0.15, 0.2) is 24.3 Å². The highest BCUT2D eigenvalue weighted by molar-refractivity contribution is 7.85. The minimum atomic E-state index is -0.708. The van der Waals surface area contributed by atoms with E-state index >= 15 is 0 Å². The Balaban J connectivity index is 1.87. The van der Waals surface area contributed by atoms with Crippen LogP contribution in [0, 0.1) is 11.3 Å². The molecule has 0 spiro atoms. The molecule has 3 atom stereocenters. The summed E-state index contributed by atoms with van der Waals surface area (Å²) in [6.07, 6.45) is 0. The van der Waals surface area contributed by atoms with Gasteiger partial charge in [-0.1, -0.05) is 12.1 Å². The predicted octanol–water partition coefficient (Wildman–Crippen LogP) is 1.78. The third-order valence-electron chi connectivity index (χ3n) is 3.89. The van der Waals surface area contributed by atoms with Crippen LogP contribution in [0.1, 0.15) is 19.4 Å². The van der Waals surface area contributed by atoms with Crippen LogP contribution in [-0.4, -0.2) is 45.8 Å². The van der Waals surface area contributed by atoms with Gasteiger partial charge in [-0.2, -0.15) is 5.26 Å². The number of nitriles is 1. The maximum atomic E-state index is 11.7. The molecule has 2 rings (SSSR count). The van der Waals surface area contributed by atoms with Gasteiger partial charge in [-0.25, -0.2) is 0 Å². The van der Waals surface area contributed by atoms with Gasteiger partial charge in [-0.3, -0.25) is 9.11 Å². The third-order valence-corrected chi connectivity index (χ3v) is 5.70. The second-order valence-corrected chi connectivity index (χ2v) is 6.94. The summed E-state index contributed by atoms with van der Waals surface area (Å²) in [6.45, 7) is 6.34. The molecule has 0 aromatic heterocycles. The Labute approximate surface area is 122 Å². The monoisotopic (exact) mass is 292 g/mol. The predicted molar refractivity (Wildman–Crippen MR) is 80.2 cm³/mol. The quantitative estimate of drug-likeness (QED) is 0.849. The molecule has 1 fully saturated rings. The van der Waals surface area contributed by atoms with E-state index < -0.39 is 10.8 Å². The highest BCUT2D eigenvalue weighted by Crippen LogP contribution is 2.18. The van der Waals surface area contributed by atoms with Crippen molar-refractivity contribution in [2.75, 3.05) is 25.4 Å². The Hall–Kier alpha value is -1.38. The lowest BCUT2D eigenvalue weighted by Crippen LogP contribution is -2.50. The second-order valence-electron chi connectivity index (χ2n) is 5.02. The van der Waals surface area contributed by atoms with Crippen molar-refractivity contribution in [3.63, 3.8) is 0 Å². The molecule has 0 amide bonds. The summed E-state index contributed by atoms with van der Waals surface area (Å²) in [6, 6.07) is 9.70. The molecule has 0 bridgehead atoms. The van der Waals surface area contributed by atoms with Crippen molar-refractivity contribution in [3.05, 3.63) is 29.8 Å². The largest absolute Gasteiger partial charge is 0.491 e. The molecule has 108 valence electrons. The first-order valence-corrected chi connectivity index (χ1v) is 8.25. The Morgan fingerprint density at radius 3 is 2.95 bits per heavy atom. The molecular formula is C15H20N2O2S. The van der Waals surface area contributed by atoms with Crippen LogP contribution in [-0.2, 0) is 10.8 Å². The topological polar surface area (TPSA) is 53.3 Å². The van der Waals surface area contributed by atoms with Crippen molar-refractivity contribution < 1.29 is 8.95 Å². The smallest absolute Gasteiger partial charge is 0.137 e. The van der Waals surface area contributed by atoms with Gasteiger partial charge in [0.25, 0.3) is 0 Å².